The number of nitrogens with one attached hydrogen (secondary N) is 2. The Morgan fingerprint density at radius 1 is 1.03 bits per heavy atom. The van der Waals surface area contributed by atoms with E-state index in [0.29, 0.717) is 12.1 Å². The number of para-hydroxylation sites is 1. The maximum absolute atomic E-state index is 12.5. The van der Waals surface area contributed by atoms with Gasteiger partial charge in [-0.25, -0.2) is 4.79 Å². The van der Waals surface area contributed by atoms with E-state index in [-0.39, 0.29) is 17.3 Å². The average Bonchev–Trinajstić information content (AvgIpc) is 2.83. The number of nitrogens with zero attached hydrogens (tertiary/aromatic N) is 1. The lowest BCUT2D eigenvalue weighted by atomic mass is 9.97. The molecular formula is C26H41N3O5S. The fourth-order valence-corrected chi connectivity index (χ4v) is 5.35. The summed E-state index contributed by atoms with van der Waals surface area (Å²) in [6, 6.07) is 4.93. The molecule has 1 amide bonds. The summed E-state index contributed by atoms with van der Waals surface area (Å²) in [5.74, 6) is -0.0770. The molecule has 1 heterocycles. The predicted molar refractivity (Wildman–Crippen MR) is 139 cm³/mol. The predicted octanol–water partition coefficient (Wildman–Crippen LogP) is 5.19. The topological polar surface area (TPSA) is 114 Å². The minimum absolute atomic E-state index is 0.0171. The molecule has 1 aliphatic rings. The monoisotopic (exact) mass is 507 g/mol. The number of amidine groups is 1. The van der Waals surface area contributed by atoms with Crippen LogP contribution in [0.5, 0.6) is 0 Å². The van der Waals surface area contributed by atoms with Crippen LogP contribution in [0.2, 0.25) is 0 Å². The minimum Gasteiger partial charge on any atom is -0.464 e. The fourth-order valence-electron chi connectivity index (χ4n) is 4.19. The van der Waals surface area contributed by atoms with Gasteiger partial charge in [0.2, 0.25) is 6.41 Å². The highest BCUT2D eigenvalue weighted by Crippen LogP contribution is 2.27. The first-order chi connectivity index (χ1) is 16.9. The number of esters is 1. The smallest absolute Gasteiger partial charge is 0.336 e. The molecule has 9 heteroatoms. The van der Waals surface area contributed by atoms with Crippen molar-refractivity contribution in [2.45, 2.75) is 102 Å². The molecule has 0 aromatic heterocycles. The quantitative estimate of drug-likeness (QED) is 0.160. The largest absolute Gasteiger partial charge is 0.464 e. The molecule has 0 spiro atoms. The number of carbonyl (C=O) groups is 2. The van der Waals surface area contributed by atoms with E-state index >= 15 is 0 Å². The van der Waals surface area contributed by atoms with Crippen molar-refractivity contribution in [3.63, 3.8) is 0 Å². The first kappa shape index (κ1) is 28.8. The van der Waals surface area contributed by atoms with Crippen LogP contribution in [0.3, 0.4) is 0 Å². The fraction of sp³-hybridized carbons (Fsp3) is 0.654. The molecule has 35 heavy (non-hydrogen) atoms. The normalized spacial score (nSPS) is 15.8. The molecule has 196 valence electrons. The molecule has 0 fully saturated rings. The number of anilines is 1. The summed E-state index contributed by atoms with van der Waals surface area (Å²) in [6.45, 7) is 4.82. The van der Waals surface area contributed by atoms with Crippen LogP contribution < -0.4 is 10.6 Å². The highest BCUT2D eigenvalue weighted by Gasteiger charge is 2.33. The van der Waals surface area contributed by atoms with Crippen molar-refractivity contribution in [2.75, 3.05) is 11.9 Å². The maximum Gasteiger partial charge on any atom is 0.336 e. The summed E-state index contributed by atoms with van der Waals surface area (Å²) in [7, 11) is -3.98. The van der Waals surface area contributed by atoms with Crippen molar-refractivity contribution < 1.29 is 22.7 Å². The Kier molecular flexibility index (Phi) is 12.8. The van der Waals surface area contributed by atoms with Gasteiger partial charge in [-0.2, -0.15) is 8.42 Å². The van der Waals surface area contributed by atoms with E-state index in [9.17, 15) is 18.0 Å². The van der Waals surface area contributed by atoms with Crippen LogP contribution in [0.4, 0.5) is 5.69 Å². The summed E-state index contributed by atoms with van der Waals surface area (Å²) in [5, 5.41) is 5.13. The summed E-state index contributed by atoms with van der Waals surface area (Å²) < 4.78 is 33.8. The van der Waals surface area contributed by atoms with Crippen LogP contribution in [0.25, 0.3) is 0 Å². The number of ether oxygens (including phenoxy) is 1. The third kappa shape index (κ3) is 9.99. The Morgan fingerprint density at radius 2 is 1.66 bits per heavy atom. The van der Waals surface area contributed by atoms with E-state index in [1.807, 2.05) is 0 Å². The first-order valence-electron chi connectivity index (χ1n) is 13.0. The minimum atomic E-state index is -3.98. The van der Waals surface area contributed by atoms with Crippen LogP contribution in [-0.4, -0.2) is 39.3 Å². The van der Waals surface area contributed by atoms with E-state index in [4.69, 9.17) is 4.74 Å². The van der Waals surface area contributed by atoms with Crippen LogP contribution >= 0.6 is 0 Å². The number of amides is 1. The second-order valence-electron chi connectivity index (χ2n) is 9.32. The van der Waals surface area contributed by atoms with Crippen molar-refractivity contribution in [3.05, 3.63) is 24.3 Å². The van der Waals surface area contributed by atoms with Gasteiger partial charge < -0.3 is 15.4 Å². The highest BCUT2D eigenvalue weighted by atomic mass is 32.2. The van der Waals surface area contributed by atoms with Crippen LogP contribution in [0.1, 0.15) is 90.9 Å². The molecule has 1 aromatic carbocycles. The summed E-state index contributed by atoms with van der Waals surface area (Å²) in [5.41, 5.74) is 0.300. The Labute approximate surface area is 210 Å². The molecule has 2 N–H and O–H groups in total. The SMILES string of the molecule is CCCCC(C)CCCCCCCCCCOC(=O)C(NC=O)C1=NS(=O)(=O)c2ccccc2N1. The number of unbranched alkanes of at least 4 members (excludes halogenated alkanes) is 8. The molecule has 2 rings (SSSR count). The number of rotatable bonds is 18. The molecule has 2 atom stereocenters. The maximum atomic E-state index is 12.5. The highest BCUT2D eigenvalue weighted by molar-refractivity contribution is 7.90. The molecule has 0 bridgehead atoms. The number of hydrogen-bond donors (Lipinski definition) is 2. The molecular weight excluding hydrogens is 466 g/mol. The first-order valence-corrected chi connectivity index (χ1v) is 14.4. The second kappa shape index (κ2) is 15.5. The van der Waals surface area contributed by atoms with Gasteiger partial charge in [0.05, 0.1) is 12.3 Å². The van der Waals surface area contributed by atoms with Gasteiger partial charge in [0.15, 0.2) is 11.9 Å². The molecule has 1 aliphatic heterocycles. The zero-order chi connectivity index (χ0) is 25.5. The van der Waals surface area contributed by atoms with Gasteiger partial charge in [0, 0.05) is 0 Å². The number of hydrogen-bond acceptors (Lipinski definition) is 6. The molecule has 0 saturated heterocycles. The Hall–Kier alpha value is -2.42. The Balaban J connectivity index is 1.64. The van der Waals surface area contributed by atoms with Crippen molar-refractivity contribution in [2.24, 2.45) is 10.3 Å². The van der Waals surface area contributed by atoms with Gasteiger partial charge in [-0.1, -0.05) is 96.6 Å². The Bertz CT molecular complexity index is 933. The standard InChI is InChI=1S/C26H41N3O5S/c1-3-4-15-21(2)16-11-9-7-5-6-8-10-14-19-34-26(31)24(27-20-30)25-28-22-17-12-13-18-23(22)35(32,33)29-25/h12-13,17-18,20-21,24H,3-11,14-16,19H2,1-2H3,(H,27,30)(H,28,29). The average molecular weight is 508 g/mol. The third-order valence-corrected chi connectivity index (χ3v) is 7.63. The molecule has 0 aliphatic carbocycles. The molecule has 2 unspecified atom stereocenters. The van der Waals surface area contributed by atoms with Crippen molar-refractivity contribution in [3.8, 4) is 0 Å². The van der Waals surface area contributed by atoms with Gasteiger partial charge in [0.1, 0.15) is 4.90 Å². The van der Waals surface area contributed by atoms with E-state index in [1.165, 1.54) is 63.9 Å². The van der Waals surface area contributed by atoms with Crippen molar-refractivity contribution in [1.29, 1.82) is 0 Å². The third-order valence-electron chi connectivity index (χ3n) is 6.28. The molecule has 0 saturated carbocycles. The van der Waals surface area contributed by atoms with Crippen LogP contribution in [0.15, 0.2) is 33.6 Å². The lowest BCUT2D eigenvalue weighted by molar-refractivity contribution is -0.145. The number of fused-ring (bicyclic) bond motifs is 1. The molecule has 0 radical (unpaired) electrons. The van der Waals surface area contributed by atoms with E-state index in [2.05, 4.69) is 28.9 Å². The van der Waals surface area contributed by atoms with Crippen molar-refractivity contribution in [1.82, 2.24) is 5.32 Å². The zero-order valence-electron chi connectivity index (χ0n) is 21.1. The van der Waals surface area contributed by atoms with Gasteiger partial charge >= 0.3 is 5.97 Å². The molecule has 8 nitrogen and oxygen atoms in total. The molecule has 1 aromatic rings. The lowest BCUT2D eigenvalue weighted by Crippen LogP contribution is -2.48. The summed E-state index contributed by atoms with van der Waals surface area (Å²) in [4.78, 5) is 23.6. The van der Waals surface area contributed by atoms with E-state index < -0.39 is 22.0 Å². The number of sulfonamides is 1. The van der Waals surface area contributed by atoms with E-state index in [1.54, 1.807) is 18.2 Å². The lowest BCUT2D eigenvalue weighted by Gasteiger charge is -2.23. The summed E-state index contributed by atoms with van der Waals surface area (Å²) >= 11 is 0. The van der Waals surface area contributed by atoms with Crippen LogP contribution in [0, 0.1) is 5.92 Å². The van der Waals surface area contributed by atoms with Crippen molar-refractivity contribution >= 4 is 33.9 Å². The number of carbonyl (C=O) groups excluding carboxylic acids is 2. The van der Waals surface area contributed by atoms with Gasteiger partial charge in [-0.3, -0.25) is 4.79 Å². The zero-order valence-corrected chi connectivity index (χ0v) is 21.9. The van der Waals surface area contributed by atoms with Crippen LogP contribution in [-0.2, 0) is 24.3 Å². The van der Waals surface area contributed by atoms with Gasteiger partial charge in [0.25, 0.3) is 10.0 Å². The second-order valence-corrected chi connectivity index (χ2v) is 10.9. The Morgan fingerprint density at radius 3 is 2.34 bits per heavy atom. The van der Waals surface area contributed by atoms with Gasteiger partial charge in [-0.05, 0) is 24.5 Å². The van der Waals surface area contributed by atoms with Gasteiger partial charge in [-0.15, -0.1) is 4.40 Å². The number of benzene rings is 1. The summed E-state index contributed by atoms with van der Waals surface area (Å²) in [6.07, 6.45) is 14.7. The van der Waals surface area contributed by atoms with E-state index in [0.717, 1.165) is 25.2 Å².